The van der Waals surface area contributed by atoms with Crippen molar-refractivity contribution in [3.05, 3.63) is 22.3 Å². The molecule has 0 saturated heterocycles. The summed E-state index contributed by atoms with van der Waals surface area (Å²) >= 11 is 0. The van der Waals surface area contributed by atoms with Crippen molar-refractivity contribution >= 4 is 17.3 Å². The van der Waals surface area contributed by atoms with Crippen molar-refractivity contribution in [3.8, 4) is 0 Å². The van der Waals surface area contributed by atoms with Crippen LogP contribution in [-0.2, 0) is 14.4 Å². The average Bonchev–Trinajstić information content (AvgIpc) is 2.33. The van der Waals surface area contributed by atoms with E-state index in [9.17, 15) is 19.5 Å². The highest BCUT2D eigenvalue weighted by molar-refractivity contribution is 6.24. The summed E-state index contributed by atoms with van der Waals surface area (Å²) in [7, 11) is 0. The van der Waals surface area contributed by atoms with E-state index < -0.39 is 5.60 Å². The summed E-state index contributed by atoms with van der Waals surface area (Å²) in [5.41, 5.74) is 0.306. The van der Waals surface area contributed by atoms with Gasteiger partial charge in [0.25, 0.3) is 0 Å². The lowest BCUT2D eigenvalue weighted by atomic mass is 9.82. The minimum Gasteiger partial charge on any atom is -0.382 e. The van der Waals surface area contributed by atoms with Gasteiger partial charge in [-0.2, -0.15) is 0 Å². The van der Waals surface area contributed by atoms with Crippen LogP contribution in [0.4, 0.5) is 0 Å². The van der Waals surface area contributed by atoms with Crippen LogP contribution in [0.2, 0.25) is 0 Å². The molecule has 0 aromatic heterocycles. The summed E-state index contributed by atoms with van der Waals surface area (Å²) in [6.07, 6.45) is 0.369. The van der Waals surface area contributed by atoms with Crippen molar-refractivity contribution in [3.63, 3.8) is 0 Å². The number of hydrogen-bond acceptors (Lipinski definition) is 4. The smallest absolute Gasteiger partial charge is 0.185 e. The van der Waals surface area contributed by atoms with Crippen LogP contribution in [0.3, 0.4) is 0 Å². The first-order valence-corrected chi connectivity index (χ1v) is 6.29. The van der Waals surface area contributed by atoms with E-state index in [1.54, 1.807) is 20.8 Å². The van der Waals surface area contributed by atoms with Gasteiger partial charge in [0.1, 0.15) is 5.60 Å². The number of ketones is 3. The average molecular weight is 264 g/mol. The molecule has 4 nitrogen and oxygen atoms in total. The first-order valence-electron chi connectivity index (χ1n) is 6.29. The maximum atomic E-state index is 12.1. The zero-order chi connectivity index (χ0) is 15.0. The van der Waals surface area contributed by atoms with Crippen LogP contribution in [0, 0.1) is 0 Å². The van der Waals surface area contributed by atoms with E-state index in [2.05, 4.69) is 0 Å². The van der Waals surface area contributed by atoms with Crippen LogP contribution in [0.5, 0.6) is 0 Å². The lowest BCUT2D eigenvalue weighted by Gasteiger charge is -2.23. The third-order valence-corrected chi connectivity index (χ3v) is 3.93. The Hall–Kier alpha value is -1.55. The number of allylic oxidation sites excluding steroid dienone is 4. The Bertz CT molecular complexity index is 518. The summed E-state index contributed by atoms with van der Waals surface area (Å²) in [6.45, 7) is 7.62. The maximum Gasteiger partial charge on any atom is 0.185 e. The SMILES string of the molecule is CC(=O)C(C)(O)CCC1=C(C)C(=O)C(C)=C(C)C1=O. The molecule has 0 aromatic rings. The Morgan fingerprint density at radius 1 is 1.05 bits per heavy atom. The van der Waals surface area contributed by atoms with Crippen molar-refractivity contribution in [2.45, 2.75) is 53.1 Å². The van der Waals surface area contributed by atoms with E-state index in [0.29, 0.717) is 22.3 Å². The molecule has 1 aliphatic carbocycles. The third kappa shape index (κ3) is 2.89. The Morgan fingerprint density at radius 2 is 1.53 bits per heavy atom. The van der Waals surface area contributed by atoms with Gasteiger partial charge in [0, 0.05) is 22.3 Å². The predicted octanol–water partition coefficient (Wildman–Crippen LogP) is 1.91. The Labute approximate surface area is 113 Å². The van der Waals surface area contributed by atoms with Crippen LogP contribution in [-0.4, -0.2) is 28.1 Å². The quantitative estimate of drug-likeness (QED) is 0.787. The first kappa shape index (κ1) is 15.5. The molecule has 1 N–H and O–H groups in total. The highest BCUT2D eigenvalue weighted by Gasteiger charge is 2.31. The molecule has 0 aromatic carbocycles. The zero-order valence-corrected chi connectivity index (χ0v) is 12.1. The normalized spacial score (nSPS) is 19.9. The number of rotatable bonds is 4. The molecule has 4 heteroatoms. The molecular weight excluding hydrogens is 244 g/mol. The highest BCUT2D eigenvalue weighted by Crippen LogP contribution is 2.28. The van der Waals surface area contributed by atoms with Gasteiger partial charge in [0.05, 0.1) is 0 Å². The lowest BCUT2D eigenvalue weighted by Crippen LogP contribution is -2.33. The predicted molar refractivity (Wildman–Crippen MR) is 71.6 cm³/mol. The second-order valence-electron chi connectivity index (χ2n) is 5.34. The number of Topliss-reactive ketones (excluding diaryl/α,β-unsaturated/α-hetero) is 3. The summed E-state index contributed by atoms with van der Waals surface area (Å²) in [5, 5.41) is 9.90. The number of aliphatic hydroxyl groups is 1. The zero-order valence-electron chi connectivity index (χ0n) is 12.1. The minimum absolute atomic E-state index is 0.130. The fourth-order valence-electron chi connectivity index (χ4n) is 2.00. The standard InChI is InChI=1S/C15H20O4/c1-8-9(2)14(18)12(10(3)13(8)17)6-7-15(5,19)11(4)16/h19H,6-7H2,1-5H3. The lowest BCUT2D eigenvalue weighted by molar-refractivity contribution is -0.134. The van der Waals surface area contributed by atoms with Gasteiger partial charge >= 0.3 is 0 Å². The van der Waals surface area contributed by atoms with Crippen molar-refractivity contribution < 1.29 is 19.5 Å². The first-order chi connectivity index (χ1) is 8.59. The fraction of sp³-hybridized carbons (Fsp3) is 0.533. The fourth-order valence-corrected chi connectivity index (χ4v) is 2.00. The van der Waals surface area contributed by atoms with Crippen LogP contribution in [0.1, 0.15) is 47.5 Å². The summed E-state index contributed by atoms with van der Waals surface area (Å²) in [5.74, 6) is -0.632. The van der Waals surface area contributed by atoms with Gasteiger partial charge in [-0.15, -0.1) is 0 Å². The summed E-state index contributed by atoms with van der Waals surface area (Å²) < 4.78 is 0. The molecule has 0 heterocycles. The Balaban J connectivity index is 2.99. The Morgan fingerprint density at radius 3 is 2.00 bits per heavy atom. The topological polar surface area (TPSA) is 71.4 Å². The second-order valence-corrected chi connectivity index (χ2v) is 5.34. The van der Waals surface area contributed by atoms with E-state index in [0.717, 1.165) is 0 Å². The van der Waals surface area contributed by atoms with Gasteiger partial charge in [0.15, 0.2) is 17.3 Å². The molecule has 104 valence electrons. The van der Waals surface area contributed by atoms with Crippen molar-refractivity contribution in [1.82, 2.24) is 0 Å². The Kier molecular flexibility index (Phi) is 4.25. The van der Waals surface area contributed by atoms with Crippen molar-refractivity contribution in [2.24, 2.45) is 0 Å². The third-order valence-electron chi connectivity index (χ3n) is 3.93. The highest BCUT2D eigenvalue weighted by atomic mass is 16.3. The van der Waals surface area contributed by atoms with Gasteiger partial charge in [-0.1, -0.05) is 0 Å². The molecule has 0 radical (unpaired) electrons. The molecule has 0 amide bonds. The van der Waals surface area contributed by atoms with Crippen molar-refractivity contribution in [2.75, 3.05) is 0 Å². The summed E-state index contributed by atoms with van der Waals surface area (Å²) in [4.78, 5) is 35.4. The van der Waals surface area contributed by atoms with Gasteiger partial charge in [0.2, 0.25) is 0 Å². The van der Waals surface area contributed by atoms with Crippen LogP contribution < -0.4 is 0 Å². The monoisotopic (exact) mass is 264 g/mol. The van der Waals surface area contributed by atoms with Gasteiger partial charge in [-0.3, -0.25) is 14.4 Å². The van der Waals surface area contributed by atoms with E-state index in [4.69, 9.17) is 0 Å². The van der Waals surface area contributed by atoms with Crippen LogP contribution in [0.25, 0.3) is 0 Å². The molecule has 1 atom stereocenters. The number of hydrogen-bond donors (Lipinski definition) is 1. The van der Waals surface area contributed by atoms with Crippen LogP contribution >= 0.6 is 0 Å². The van der Waals surface area contributed by atoms with Crippen LogP contribution in [0.15, 0.2) is 22.3 Å². The van der Waals surface area contributed by atoms with Gasteiger partial charge < -0.3 is 5.11 Å². The summed E-state index contributed by atoms with van der Waals surface area (Å²) in [6, 6.07) is 0. The van der Waals surface area contributed by atoms with Crippen molar-refractivity contribution in [1.29, 1.82) is 0 Å². The largest absolute Gasteiger partial charge is 0.382 e. The van der Waals surface area contributed by atoms with E-state index >= 15 is 0 Å². The van der Waals surface area contributed by atoms with Gasteiger partial charge in [-0.05, 0) is 47.5 Å². The van der Waals surface area contributed by atoms with E-state index in [1.165, 1.54) is 13.8 Å². The number of carbonyl (C=O) groups is 3. The molecule has 19 heavy (non-hydrogen) atoms. The van der Waals surface area contributed by atoms with E-state index in [1.807, 2.05) is 0 Å². The molecule has 0 bridgehead atoms. The molecule has 0 aliphatic heterocycles. The molecule has 1 aliphatic rings. The molecule has 1 unspecified atom stereocenters. The molecule has 0 spiro atoms. The molecule has 0 fully saturated rings. The molecule has 1 rings (SSSR count). The molecule has 0 saturated carbocycles. The van der Waals surface area contributed by atoms with Gasteiger partial charge in [-0.25, -0.2) is 0 Å². The second kappa shape index (κ2) is 5.21. The minimum atomic E-state index is -1.46. The van der Waals surface area contributed by atoms with E-state index in [-0.39, 0.29) is 30.2 Å². The molecular formula is C15H20O4. The number of carbonyl (C=O) groups excluding carboxylic acids is 3. The maximum absolute atomic E-state index is 12.1.